The van der Waals surface area contributed by atoms with Gasteiger partial charge in [-0.05, 0) is 40.8 Å². The SMILES string of the molecule is N#Cc1cnc2ccc(C=O)cc2c1OC(I)(C(F)(F)F)C(F)(F)F. The summed E-state index contributed by atoms with van der Waals surface area (Å²) in [6, 6.07) is 4.91. The Labute approximate surface area is 149 Å². The Morgan fingerprint density at radius 3 is 2.24 bits per heavy atom. The van der Waals surface area contributed by atoms with Crippen LogP contribution in [0, 0.1) is 11.3 Å². The summed E-state index contributed by atoms with van der Waals surface area (Å²) in [5, 5.41) is 8.68. The quantitative estimate of drug-likeness (QED) is 0.284. The molecule has 132 valence electrons. The summed E-state index contributed by atoms with van der Waals surface area (Å²) in [6.07, 6.45) is -10.5. The predicted octanol–water partition coefficient (Wildman–Crippen LogP) is 4.55. The molecule has 25 heavy (non-hydrogen) atoms. The first kappa shape index (κ1) is 19.2. The van der Waals surface area contributed by atoms with Crippen molar-refractivity contribution in [2.24, 2.45) is 0 Å². The van der Waals surface area contributed by atoms with Crippen molar-refractivity contribution >= 4 is 39.8 Å². The van der Waals surface area contributed by atoms with E-state index >= 15 is 0 Å². The molecule has 1 aromatic carbocycles. The van der Waals surface area contributed by atoms with Gasteiger partial charge in [-0.3, -0.25) is 9.78 Å². The molecular weight excluding hydrogens is 469 g/mol. The van der Waals surface area contributed by atoms with Gasteiger partial charge in [0.2, 0.25) is 0 Å². The lowest BCUT2D eigenvalue weighted by Crippen LogP contribution is -2.56. The number of benzene rings is 1. The lowest BCUT2D eigenvalue weighted by atomic mass is 10.1. The minimum Gasteiger partial charge on any atom is -0.457 e. The van der Waals surface area contributed by atoms with Crippen LogP contribution in [0.3, 0.4) is 0 Å². The Morgan fingerprint density at radius 2 is 1.76 bits per heavy atom. The van der Waals surface area contributed by atoms with Crippen molar-refractivity contribution in [1.82, 2.24) is 4.98 Å². The van der Waals surface area contributed by atoms with Crippen molar-refractivity contribution in [3.63, 3.8) is 0 Å². The fraction of sp³-hybridized carbons (Fsp3) is 0.214. The zero-order valence-corrected chi connectivity index (χ0v) is 13.9. The van der Waals surface area contributed by atoms with Crippen molar-refractivity contribution in [2.75, 3.05) is 0 Å². The Bertz CT molecular complexity index is 858. The van der Waals surface area contributed by atoms with E-state index in [0.29, 0.717) is 6.29 Å². The van der Waals surface area contributed by atoms with Crippen LogP contribution in [-0.2, 0) is 0 Å². The van der Waals surface area contributed by atoms with Crippen LogP contribution in [0.4, 0.5) is 26.3 Å². The zero-order valence-electron chi connectivity index (χ0n) is 11.7. The number of carbonyl (C=O) groups excluding carboxylic acids is 1. The number of alkyl halides is 7. The Kier molecular flexibility index (Phi) is 4.86. The minimum absolute atomic E-state index is 0.0349. The first-order valence-electron chi connectivity index (χ1n) is 6.24. The molecule has 11 heteroatoms. The first-order chi connectivity index (χ1) is 11.4. The molecule has 0 fully saturated rings. The van der Waals surface area contributed by atoms with Crippen LogP contribution in [0.25, 0.3) is 10.9 Å². The maximum atomic E-state index is 13.1. The fourth-order valence-corrected chi connectivity index (χ4v) is 2.09. The number of rotatable bonds is 3. The molecule has 1 heterocycles. The molecule has 2 aromatic rings. The van der Waals surface area contributed by atoms with Crippen LogP contribution in [0.2, 0.25) is 0 Å². The van der Waals surface area contributed by atoms with E-state index in [0.717, 1.165) is 12.3 Å². The number of nitriles is 1. The second-order valence-electron chi connectivity index (χ2n) is 4.70. The van der Waals surface area contributed by atoms with Gasteiger partial charge in [-0.25, -0.2) is 0 Å². The smallest absolute Gasteiger partial charge is 0.447 e. The number of halogens is 7. The topological polar surface area (TPSA) is 63.0 Å². The standard InChI is InChI=1S/C14H5F6IN2O2/c15-13(16,17)12(21,14(18,19)20)25-11-8(4-22)5-23-10-2-1-7(6-24)3-9(10)11/h1-3,5-6H. The molecule has 0 amide bonds. The highest BCUT2D eigenvalue weighted by Crippen LogP contribution is 2.51. The number of hydrogen-bond donors (Lipinski definition) is 0. The molecule has 1 aromatic heterocycles. The van der Waals surface area contributed by atoms with E-state index in [2.05, 4.69) is 9.72 Å². The van der Waals surface area contributed by atoms with Gasteiger partial charge in [-0.15, -0.1) is 0 Å². The number of aromatic nitrogens is 1. The van der Waals surface area contributed by atoms with Gasteiger partial charge >= 0.3 is 16.0 Å². The van der Waals surface area contributed by atoms with Gasteiger partial charge in [0.25, 0.3) is 0 Å². The third kappa shape index (κ3) is 3.35. The Morgan fingerprint density at radius 1 is 1.16 bits per heavy atom. The number of hydrogen-bond acceptors (Lipinski definition) is 4. The summed E-state index contributed by atoms with van der Waals surface area (Å²) >= 11 is 0.104. The van der Waals surface area contributed by atoms with Crippen LogP contribution >= 0.6 is 22.6 Å². The number of pyridine rings is 1. The molecule has 0 aliphatic carbocycles. The zero-order chi connectivity index (χ0) is 19.0. The molecule has 0 saturated heterocycles. The van der Waals surface area contributed by atoms with Crippen LogP contribution in [0.15, 0.2) is 24.4 Å². The van der Waals surface area contributed by atoms with Crippen LogP contribution in [-0.4, -0.2) is 27.2 Å². The molecule has 0 atom stereocenters. The molecule has 0 unspecified atom stereocenters. The highest BCUT2D eigenvalue weighted by Gasteiger charge is 2.72. The highest BCUT2D eigenvalue weighted by atomic mass is 127. The van der Waals surface area contributed by atoms with Crippen molar-refractivity contribution < 1.29 is 35.9 Å². The minimum atomic E-state index is -5.82. The summed E-state index contributed by atoms with van der Waals surface area (Å²) in [6.45, 7) is 0. The lowest BCUT2D eigenvalue weighted by Gasteiger charge is -2.32. The first-order valence-corrected chi connectivity index (χ1v) is 7.32. The van der Waals surface area contributed by atoms with E-state index in [9.17, 15) is 31.1 Å². The van der Waals surface area contributed by atoms with Gasteiger partial charge < -0.3 is 4.74 Å². The summed E-state index contributed by atoms with van der Waals surface area (Å²) in [5.41, 5.74) is -0.708. The second kappa shape index (κ2) is 6.32. The maximum Gasteiger partial charge on any atom is 0.447 e. The van der Waals surface area contributed by atoms with E-state index in [1.54, 1.807) is 0 Å². The Balaban J connectivity index is 2.78. The number of ether oxygens (including phenoxy) is 1. The van der Waals surface area contributed by atoms with E-state index < -0.39 is 27.3 Å². The molecule has 0 bridgehead atoms. The van der Waals surface area contributed by atoms with E-state index in [4.69, 9.17) is 5.26 Å². The number of carbonyl (C=O) groups is 1. The van der Waals surface area contributed by atoms with Gasteiger partial charge in [-0.1, -0.05) is 0 Å². The average molecular weight is 474 g/mol. The maximum absolute atomic E-state index is 13.1. The third-order valence-corrected chi connectivity index (χ3v) is 4.51. The van der Waals surface area contributed by atoms with Gasteiger partial charge in [-0.2, -0.15) is 31.6 Å². The predicted molar refractivity (Wildman–Crippen MR) is 81.3 cm³/mol. The van der Waals surface area contributed by atoms with Gasteiger partial charge in [0.05, 0.1) is 5.52 Å². The van der Waals surface area contributed by atoms with Crippen molar-refractivity contribution in [3.8, 4) is 11.8 Å². The van der Waals surface area contributed by atoms with Gasteiger partial charge in [0, 0.05) is 17.1 Å². The van der Waals surface area contributed by atoms with Gasteiger partial charge in [0.15, 0.2) is 5.75 Å². The monoisotopic (exact) mass is 474 g/mol. The highest BCUT2D eigenvalue weighted by molar-refractivity contribution is 14.1. The molecule has 0 radical (unpaired) electrons. The van der Waals surface area contributed by atoms with Crippen molar-refractivity contribution in [2.45, 2.75) is 16.0 Å². The molecule has 0 spiro atoms. The van der Waals surface area contributed by atoms with E-state index in [1.807, 2.05) is 0 Å². The average Bonchev–Trinajstić information content (AvgIpc) is 2.52. The summed E-state index contributed by atoms with van der Waals surface area (Å²) in [7, 11) is 0. The van der Waals surface area contributed by atoms with E-state index in [-0.39, 0.29) is 39.1 Å². The molecule has 0 aliphatic rings. The summed E-state index contributed by atoms with van der Waals surface area (Å²) in [4.78, 5) is 14.6. The third-order valence-electron chi connectivity index (χ3n) is 3.07. The summed E-state index contributed by atoms with van der Waals surface area (Å²) in [5.74, 6) is -0.958. The fourth-order valence-electron chi connectivity index (χ4n) is 1.87. The lowest BCUT2D eigenvalue weighted by molar-refractivity contribution is -0.308. The molecular formula is C14H5F6IN2O2. The van der Waals surface area contributed by atoms with E-state index in [1.165, 1.54) is 18.2 Å². The summed E-state index contributed by atoms with van der Waals surface area (Å²) < 4.78 is 78.1. The number of fused-ring (bicyclic) bond motifs is 1. The van der Waals surface area contributed by atoms with Crippen molar-refractivity contribution in [3.05, 3.63) is 35.5 Å². The molecule has 0 N–H and O–H groups in total. The molecule has 0 aliphatic heterocycles. The largest absolute Gasteiger partial charge is 0.457 e. The molecule has 0 saturated carbocycles. The van der Waals surface area contributed by atoms with Gasteiger partial charge in [0.1, 0.15) is 17.9 Å². The molecule has 2 rings (SSSR count). The number of aldehydes is 1. The van der Waals surface area contributed by atoms with Crippen LogP contribution in [0.1, 0.15) is 15.9 Å². The van der Waals surface area contributed by atoms with Crippen LogP contribution in [0.5, 0.6) is 5.75 Å². The normalized spacial score (nSPS) is 12.7. The number of nitrogens with zero attached hydrogens (tertiary/aromatic N) is 2. The Hall–Kier alpha value is -2.10. The molecule has 4 nitrogen and oxygen atoms in total. The van der Waals surface area contributed by atoms with Crippen molar-refractivity contribution in [1.29, 1.82) is 5.26 Å². The second-order valence-corrected chi connectivity index (χ2v) is 6.22. The van der Waals surface area contributed by atoms with Crippen LogP contribution < -0.4 is 4.74 Å².